The third-order valence-electron chi connectivity index (χ3n) is 6.17. The van der Waals surface area contributed by atoms with E-state index in [4.69, 9.17) is 0 Å². The van der Waals surface area contributed by atoms with Crippen LogP contribution in [-0.2, 0) is 10.0 Å². The van der Waals surface area contributed by atoms with E-state index in [0.29, 0.717) is 25.2 Å². The summed E-state index contributed by atoms with van der Waals surface area (Å²) in [5.74, 6) is 0. The monoisotopic (exact) mass is 476 g/mol. The summed E-state index contributed by atoms with van der Waals surface area (Å²) in [7, 11) is -4.04. The number of carbonyl (C=O) groups is 1. The molecule has 0 saturated carbocycles. The summed E-state index contributed by atoms with van der Waals surface area (Å²) in [6.45, 7) is 6.70. The molecule has 1 N–H and O–H groups in total. The molecule has 1 amide bonds. The number of nitro benzene ring substituents is 1. The summed E-state index contributed by atoms with van der Waals surface area (Å²) < 4.78 is 27.7. The van der Waals surface area contributed by atoms with Crippen molar-refractivity contribution in [3.8, 4) is 0 Å². The van der Waals surface area contributed by atoms with E-state index >= 15 is 0 Å². The Kier molecular flexibility index (Phi) is 6.66. The molecule has 1 aliphatic rings. The minimum Gasteiger partial charge on any atom is -0.498 e. The van der Waals surface area contributed by atoms with Crippen molar-refractivity contribution >= 4 is 33.2 Å². The van der Waals surface area contributed by atoms with E-state index < -0.39 is 26.6 Å². The van der Waals surface area contributed by atoms with E-state index in [9.17, 15) is 28.4 Å². The van der Waals surface area contributed by atoms with Gasteiger partial charge < -0.3 is 14.8 Å². The molecule has 1 fully saturated rings. The van der Waals surface area contributed by atoms with Crippen LogP contribution in [0.2, 0.25) is 0 Å². The summed E-state index contributed by atoms with van der Waals surface area (Å²) in [4.78, 5) is 24.8. The minimum atomic E-state index is -4.04. The van der Waals surface area contributed by atoms with Gasteiger partial charge in [0.2, 0.25) is 0 Å². The van der Waals surface area contributed by atoms with Crippen LogP contribution in [0.25, 0.3) is 0 Å². The molecule has 1 aliphatic heterocycles. The van der Waals surface area contributed by atoms with E-state index in [-0.39, 0.29) is 33.8 Å². The Morgan fingerprint density at radius 3 is 2.33 bits per heavy atom. The third-order valence-corrected chi connectivity index (χ3v) is 7.55. The molecule has 0 aliphatic carbocycles. The molecule has 11 heteroatoms. The van der Waals surface area contributed by atoms with Crippen molar-refractivity contribution in [2.45, 2.75) is 37.6 Å². The first kappa shape index (κ1) is 24.5. The smallest absolute Gasteiger partial charge is 0.293 e. The van der Waals surface area contributed by atoms with Crippen LogP contribution in [-0.4, -0.2) is 55.6 Å². The van der Waals surface area contributed by atoms with Crippen molar-refractivity contribution in [1.29, 1.82) is 0 Å². The zero-order chi connectivity index (χ0) is 24.4. The number of carbonyl (C=O) groups excluding carboxylic acids is 1. The Labute approximate surface area is 193 Å². The van der Waals surface area contributed by atoms with E-state index in [1.165, 1.54) is 12.1 Å². The lowest BCUT2D eigenvalue weighted by Gasteiger charge is -2.47. The largest absolute Gasteiger partial charge is 0.498 e. The number of nitro groups is 1. The average molecular weight is 477 g/mol. The van der Waals surface area contributed by atoms with Crippen LogP contribution in [0.1, 0.15) is 27.2 Å². The Balaban J connectivity index is 1.93. The maximum absolute atomic E-state index is 12.8. The number of quaternary nitrogens is 1. The first-order valence-electron chi connectivity index (χ1n) is 10.6. The third kappa shape index (κ3) is 4.93. The molecule has 1 unspecified atom stereocenters. The fraction of sp³-hybridized carbons (Fsp3) is 0.409. The summed E-state index contributed by atoms with van der Waals surface area (Å²) >= 11 is 0. The van der Waals surface area contributed by atoms with Crippen LogP contribution in [0.4, 0.5) is 21.9 Å². The summed E-state index contributed by atoms with van der Waals surface area (Å²) in [5, 5.41) is 23.9. The number of hydrogen-bond donors (Lipinski definition) is 1. The van der Waals surface area contributed by atoms with Gasteiger partial charge in [-0.1, -0.05) is 18.2 Å². The number of hydrogen-bond acceptors (Lipinski definition) is 7. The first-order chi connectivity index (χ1) is 15.4. The molecule has 0 radical (unpaired) electrons. The van der Waals surface area contributed by atoms with Gasteiger partial charge in [-0.2, -0.15) is 0 Å². The molecule has 0 bridgehead atoms. The highest BCUT2D eigenvalue weighted by molar-refractivity contribution is 7.92. The number of anilines is 2. The molecule has 0 aromatic heterocycles. The van der Waals surface area contributed by atoms with Crippen molar-refractivity contribution in [2.24, 2.45) is 0 Å². The van der Waals surface area contributed by atoms with E-state index in [1.54, 1.807) is 35.2 Å². The Morgan fingerprint density at radius 1 is 1.09 bits per heavy atom. The van der Waals surface area contributed by atoms with Crippen LogP contribution in [0.15, 0.2) is 53.4 Å². The van der Waals surface area contributed by atoms with E-state index in [1.807, 2.05) is 20.8 Å². The molecular formula is C22H28N4O6S. The van der Waals surface area contributed by atoms with Crippen LogP contribution in [0.3, 0.4) is 0 Å². The number of nitrogens with zero attached hydrogens (tertiary/aromatic N) is 3. The predicted molar refractivity (Wildman–Crippen MR) is 122 cm³/mol. The second kappa shape index (κ2) is 8.99. The SMILES string of the molecule is CC(C)(C)[N+]1(C(=O)[O-])CCCN(c2ccc(S(=O)(=O)Nc3ccccc3)cc2[N+](=O)[O-])CC1. The molecule has 1 saturated heterocycles. The molecule has 2 aromatic carbocycles. The number of carboxylic acid groups (broad SMARTS) is 1. The lowest BCUT2D eigenvalue weighted by Crippen LogP contribution is -2.68. The van der Waals surface area contributed by atoms with Crippen LogP contribution < -0.4 is 14.7 Å². The number of rotatable bonds is 5. The predicted octanol–water partition coefficient (Wildman–Crippen LogP) is 2.56. The van der Waals surface area contributed by atoms with Crippen molar-refractivity contribution in [1.82, 2.24) is 0 Å². The Hall–Kier alpha value is -3.18. The van der Waals surface area contributed by atoms with Gasteiger partial charge in [0, 0.05) is 24.7 Å². The zero-order valence-corrected chi connectivity index (χ0v) is 19.7. The molecule has 1 heterocycles. The van der Waals surface area contributed by atoms with Crippen LogP contribution in [0.5, 0.6) is 0 Å². The zero-order valence-electron chi connectivity index (χ0n) is 18.9. The van der Waals surface area contributed by atoms with Crippen molar-refractivity contribution in [2.75, 3.05) is 35.8 Å². The number of para-hydroxylation sites is 1. The number of benzene rings is 2. The highest BCUT2D eigenvalue weighted by Gasteiger charge is 2.44. The molecule has 33 heavy (non-hydrogen) atoms. The lowest BCUT2D eigenvalue weighted by molar-refractivity contribution is -0.917. The Bertz CT molecular complexity index is 1150. The molecule has 0 spiro atoms. The topological polar surface area (TPSA) is 133 Å². The van der Waals surface area contributed by atoms with Gasteiger partial charge in [-0.25, -0.2) is 8.42 Å². The molecule has 3 rings (SSSR count). The summed E-state index contributed by atoms with van der Waals surface area (Å²) in [5.41, 5.74) is -0.363. The molecule has 1 atom stereocenters. The minimum absolute atomic E-state index is 0.207. The van der Waals surface area contributed by atoms with Crippen LogP contribution >= 0.6 is 0 Å². The van der Waals surface area contributed by atoms with Gasteiger partial charge in [0.15, 0.2) is 0 Å². The number of sulfonamides is 1. The summed E-state index contributed by atoms with van der Waals surface area (Å²) in [6, 6.07) is 12.0. The van der Waals surface area contributed by atoms with Gasteiger partial charge in [-0.15, -0.1) is 0 Å². The fourth-order valence-electron chi connectivity index (χ4n) is 4.22. The van der Waals surface area contributed by atoms with Crippen molar-refractivity contribution in [3.05, 3.63) is 58.6 Å². The van der Waals surface area contributed by atoms with Crippen molar-refractivity contribution < 1.29 is 27.7 Å². The molecule has 2 aromatic rings. The fourth-order valence-corrected chi connectivity index (χ4v) is 5.30. The normalized spacial score (nSPS) is 19.5. The second-order valence-corrected chi connectivity index (χ2v) is 10.8. The van der Waals surface area contributed by atoms with Gasteiger partial charge in [0.05, 0.1) is 28.4 Å². The van der Waals surface area contributed by atoms with Gasteiger partial charge in [0.1, 0.15) is 12.2 Å². The second-order valence-electron chi connectivity index (χ2n) is 9.07. The quantitative estimate of drug-likeness (QED) is 0.398. The molecular weight excluding hydrogens is 448 g/mol. The number of nitrogens with one attached hydrogen (secondary N) is 1. The van der Waals surface area contributed by atoms with Gasteiger partial charge in [-0.05, 0) is 45.0 Å². The summed E-state index contributed by atoms with van der Waals surface area (Å²) in [6.07, 6.45) is -0.690. The highest BCUT2D eigenvalue weighted by atomic mass is 32.2. The van der Waals surface area contributed by atoms with Crippen molar-refractivity contribution in [3.63, 3.8) is 0 Å². The highest BCUT2D eigenvalue weighted by Crippen LogP contribution is 2.34. The molecule has 178 valence electrons. The van der Waals surface area contributed by atoms with Gasteiger partial charge >= 0.3 is 0 Å². The number of amides is 1. The van der Waals surface area contributed by atoms with Gasteiger partial charge in [0.25, 0.3) is 21.8 Å². The van der Waals surface area contributed by atoms with E-state index in [2.05, 4.69) is 4.72 Å². The maximum Gasteiger partial charge on any atom is 0.293 e. The van der Waals surface area contributed by atoms with Gasteiger partial charge in [-0.3, -0.25) is 19.3 Å². The standard InChI is InChI=1S/C22H28N4O6S/c1-22(2,3)26(21(27)28)14-7-12-24(13-15-26)19-11-10-18(16-20(19)25(29)30)33(31,32)23-17-8-5-4-6-9-17/h4-6,8-11,16,23H,7,12-15H2,1-3H3. The lowest BCUT2D eigenvalue weighted by atomic mass is 10.0. The molecule has 10 nitrogen and oxygen atoms in total. The van der Waals surface area contributed by atoms with E-state index in [0.717, 1.165) is 6.07 Å². The first-order valence-corrected chi connectivity index (χ1v) is 12.1. The Morgan fingerprint density at radius 2 is 1.76 bits per heavy atom. The van der Waals surface area contributed by atoms with Crippen LogP contribution in [0, 0.1) is 10.1 Å². The average Bonchev–Trinajstić information content (AvgIpc) is 2.97. The maximum atomic E-state index is 12.8.